The molecule has 0 aliphatic carbocycles. The lowest BCUT2D eigenvalue weighted by Crippen LogP contribution is -2.49. The first-order valence-electron chi connectivity index (χ1n) is 10.5. The van der Waals surface area contributed by atoms with Crippen molar-refractivity contribution in [2.24, 2.45) is 7.05 Å². The van der Waals surface area contributed by atoms with Crippen molar-refractivity contribution >= 4 is 32.0 Å². The maximum atomic E-state index is 13.3. The second kappa shape index (κ2) is 8.03. The maximum Gasteiger partial charge on any atom is 0.245 e. The number of fused-ring (bicyclic) bond motifs is 2. The summed E-state index contributed by atoms with van der Waals surface area (Å²) in [4.78, 5) is 11.4. The van der Waals surface area contributed by atoms with Gasteiger partial charge in [0, 0.05) is 69.1 Å². The van der Waals surface area contributed by atoms with Gasteiger partial charge in [-0.2, -0.15) is 4.31 Å². The standard InChI is InChI=1S/C23H25N5O2S/c1-26-17-19(20-7-4-11-25-23(20)26)9-12-27-13-15-28(16-14-27)31(29,30)21-8-2-5-18-6-3-10-24-22(18)21/h2-8,10-11,17H,9,12-16H2,1H3. The van der Waals surface area contributed by atoms with Gasteiger partial charge in [-0.3, -0.25) is 4.98 Å². The molecule has 160 valence electrons. The molecule has 0 N–H and O–H groups in total. The maximum absolute atomic E-state index is 13.3. The number of nitrogens with zero attached hydrogens (tertiary/aromatic N) is 5. The van der Waals surface area contributed by atoms with E-state index in [-0.39, 0.29) is 0 Å². The third-order valence-electron chi connectivity index (χ3n) is 6.06. The number of aryl methyl sites for hydroxylation is 1. The molecule has 0 atom stereocenters. The van der Waals surface area contributed by atoms with Crippen molar-refractivity contribution in [3.05, 3.63) is 66.6 Å². The van der Waals surface area contributed by atoms with Gasteiger partial charge in [-0.25, -0.2) is 13.4 Å². The van der Waals surface area contributed by atoms with Gasteiger partial charge in [0.2, 0.25) is 10.0 Å². The van der Waals surface area contributed by atoms with Gasteiger partial charge in [0.25, 0.3) is 0 Å². The summed E-state index contributed by atoms with van der Waals surface area (Å²) in [6, 6.07) is 13.1. The SMILES string of the molecule is Cn1cc(CCN2CCN(S(=O)(=O)c3cccc4cccnc34)CC2)c2cccnc21. The van der Waals surface area contributed by atoms with Crippen LogP contribution in [0.25, 0.3) is 21.9 Å². The summed E-state index contributed by atoms with van der Waals surface area (Å²) in [5.41, 5.74) is 2.82. The smallest absolute Gasteiger partial charge is 0.245 e. The molecule has 5 rings (SSSR count). The van der Waals surface area contributed by atoms with Crippen molar-refractivity contribution in [2.45, 2.75) is 11.3 Å². The van der Waals surface area contributed by atoms with Gasteiger partial charge in [-0.05, 0) is 36.2 Å². The van der Waals surface area contributed by atoms with E-state index in [0.717, 1.165) is 37.1 Å². The Morgan fingerprint density at radius 1 is 0.935 bits per heavy atom. The fourth-order valence-corrected chi connectivity index (χ4v) is 5.98. The number of aromatic nitrogens is 3. The number of rotatable bonds is 5. The number of sulfonamides is 1. The number of benzene rings is 1. The Morgan fingerprint density at radius 3 is 2.52 bits per heavy atom. The average Bonchev–Trinajstić information content (AvgIpc) is 3.13. The van der Waals surface area contributed by atoms with Crippen molar-refractivity contribution < 1.29 is 8.42 Å². The van der Waals surface area contributed by atoms with Gasteiger partial charge < -0.3 is 9.47 Å². The van der Waals surface area contributed by atoms with Crippen LogP contribution < -0.4 is 0 Å². The molecule has 0 bridgehead atoms. The van der Waals surface area contributed by atoms with E-state index in [1.54, 1.807) is 22.6 Å². The summed E-state index contributed by atoms with van der Waals surface area (Å²) in [6.45, 7) is 3.32. The van der Waals surface area contributed by atoms with E-state index >= 15 is 0 Å². The second-order valence-electron chi connectivity index (χ2n) is 7.97. The van der Waals surface area contributed by atoms with Gasteiger partial charge in [0.05, 0.1) is 5.52 Å². The normalized spacial score (nSPS) is 16.3. The number of hydrogen-bond acceptors (Lipinski definition) is 5. The molecule has 1 aromatic carbocycles. The molecule has 3 aromatic heterocycles. The zero-order valence-electron chi connectivity index (χ0n) is 17.5. The first-order valence-corrected chi connectivity index (χ1v) is 11.9. The van der Waals surface area contributed by atoms with Gasteiger partial charge in [-0.1, -0.05) is 18.2 Å². The predicted molar refractivity (Wildman–Crippen MR) is 121 cm³/mol. The lowest BCUT2D eigenvalue weighted by atomic mass is 10.1. The minimum Gasteiger partial charge on any atom is -0.335 e. The summed E-state index contributed by atoms with van der Waals surface area (Å²) >= 11 is 0. The van der Waals surface area contributed by atoms with Gasteiger partial charge >= 0.3 is 0 Å². The Labute approximate surface area is 182 Å². The number of para-hydroxylation sites is 1. The van der Waals surface area contributed by atoms with Gasteiger partial charge in [0.1, 0.15) is 10.5 Å². The third kappa shape index (κ3) is 3.71. The van der Waals surface area contributed by atoms with Crippen LogP contribution in [0.15, 0.2) is 66.0 Å². The molecule has 0 amide bonds. The fourth-order valence-electron chi connectivity index (χ4n) is 4.39. The Morgan fingerprint density at radius 2 is 1.68 bits per heavy atom. The Balaban J connectivity index is 1.27. The van der Waals surface area contributed by atoms with Crippen molar-refractivity contribution in [2.75, 3.05) is 32.7 Å². The molecule has 1 saturated heterocycles. The topological polar surface area (TPSA) is 71.3 Å². The summed E-state index contributed by atoms with van der Waals surface area (Å²) in [5, 5.41) is 2.03. The third-order valence-corrected chi connectivity index (χ3v) is 7.99. The van der Waals surface area contributed by atoms with Crippen LogP contribution >= 0.6 is 0 Å². The first kappa shape index (κ1) is 20.1. The fraction of sp³-hybridized carbons (Fsp3) is 0.304. The van der Waals surface area contributed by atoms with E-state index < -0.39 is 10.0 Å². The van der Waals surface area contributed by atoms with Crippen molar-refractivity contribution in [1.82, 2.24) is 23.7 Å². The summed E-state index contributed by atoms with van der Waals surface area (Å²) in [6.07, 6.45) is 6.52. The highest BCUT2D eigenvalue weighted by atomic mass is 32.2. The largest absolute Gasteiger partial charge is 0.335 e. The molecule has 31 heavy (non-hydrogen) atoms. The molecule has 0 saturated carbocycles. The van der Waals surface area contributed by atoms with E-state index in [4.69, 9.17) is 0 Å². The summed E-state index contributed by atoms with van der Waals surface area (Å²) in [7, 11) is -1.55. The monoisotopic (exact) mass is 435 g/mol. The lowest BCUT2D eigenvalue weighted by molar-refractivity contribution is 0.190. The van der Waals surface area contributed by atoms with Gasteiger partial charge in [-0.15, -0.1) is 0 Å². The zero-order chi connectivity index (χ0) is 21.4. The van der Waals surface area contributed by atoms with E-state index in [1.165, 1.54) is 10.9 Å². The highest BCUT2D eigenvalue weighted by Crippen LogP contribution is 2.25. The highest BCUT2D eigenvalue weighted by Gasteiger charge is 2.30. The molecule has 0 spiro atoms. The Bertz CT molecular complexity index is 1340. The molecule has 8 heteroatoms. The van der Waals surface area contributed by atoms with Crippen LogP contribution in [0.2, 0.25) is 0 Å². The molecule has 1 aliphatic rings. The molecule has 1 aliphatic heterocycles. The van der Waals surface area contributed by atoms with Crippen molar-refractivity contribution in [1.29, 1.82) is 0 Å². The van der Waals surface area contributed by atoms with Crippen LogP contribution in [0.5, 0.6) is 0 Å². The van der Waals surface area contributed by atoms with E-state index in [2.05, 4.69) is 31.7 Å². The van der Waals surface area contributed by atoms with Crippen LogP contribution in [-0.2, 0) is 23.5 Å². The first-order chi connectivity index (χ1) is 15.0. The molecule has 7 nitrogen and oxygen atoms in total. The van der Waals surface area contributed by atoms with E-state index in [9.17, 15) is 8.42 Å². The molecule has 4 heterocycles. The molecular weight excluding hydrogens is 410 g/mol. The number of pyridine rings is 2. The average molecular weight is 436 g/mol. The number of piperazine rings is 1. The second-order valence-corrected chi connectivity index (χ2v) is 9.87. The molecular formula is C23H25N5O2S. The molecule has 0 unspecified atom stereocenters. The van der Waals surface area contributed by atoms with Crippen LogP contribution in [0.3, 0.4) is 0 Å². The Hall–Kier alpha value is -2.81. The van der Waals surface area contributed by atoms with E-state index in [1.807, 2.05) is 37.5 Å². The van der Waals surface area contributed by atoms with Gasteiger partial charge in [0.15, 0.2) is 0 Å². The highest BCUT2D eigenvalue weighted by molar-refractivity contribution is 7.89. The van der Waals surface area contributed by atoms with Crippen LogP contribution in [-0.4, -0.2) is 64.9 Å². The zero-order valence-corrected chi connectivity index (χ0v) is 18.3. The summed E-state index contributed by atoms with van der Waals surface area (Å²) in [5.74, 6) is 0. The quantitative estimate of drug-likeness (QED) is 0.482. The molecule has 1 fully saturated rings. The van der Waals surface area contributed by atoms with Crippen LogP contribution in [0.1, 0.15) is 5.56 Å². The molecule has 4 aromatic rings. The minimum atomic E-state index is -3.57. The van der Waals surface area contributed by atoms with Crippen molar-refractivity contribution in [3.63, 3.8) is 0 Å². The predicted octanol–water partition coefficient (Wildman–Crippen LogP) is 2.67. The summed E-state index contributed by atoms with van der Waals surface area (Å²) < 4.78 is 30.2. The minimum absolute atomic E-state index is 0.294. The lowest BCUT2D eigenvalue weighted by Gasteiger charge is -2.34. The molecule has 0 radical (unpaired) electrons. The van der Waals surface area contributed by atoms with Crippen LogP contribution in [0.4, 0.5) is 0 Å². The van der Waals surface area contributed by atoms with E-state index in [0.29, 0.717) is 23.5 Å². The van der Waals surface area contributed by atoms with Crippen LogP contribution in [0, 0.1) is 0 Å². The van der Waals surface area contributed by atoms with Crippen molar-refractivity contribution in [3.8, 4) is 0 Å². The number of hydrogen-bond donors (Lipinski definition) is 0. The Kier molecular flexibility index (Phi) is 5.21.